The molecule has 0 atom stereocenters. The Morgan fingerprint density at radius 1 is 1.11 bits per heavy atom. The van der Waals surface area contributed by atoms with Gasteiger partial charge in [-0.05, 0) is 40.2 Å². The Bertz CT molecular complexity index is 644. The van der Waals surface area contributed by atoms with Crippen LogP contribution in [-0.2, 0) is 10.0 Å². The van der Waals surface area contributed by atoms with Gasteiger partial charge in [0.25, 0.3) is 10.0 Å². The van der Waals surface area contributed by atoms with E-state index in [0.29, 0.717) is 9.50 Å². The van der Waals surface area contributed by atoms with Crippen molar-refractivity contribution in [3.05, 3.63) is 46.2 Å². The summed E-state index contributed by atoms with van der Waals surface area (Å²) in [4.78, 5) is 7.76. The highest BCUT2D eigenvalue weighted by Gasteiger charge is 2.15. The fourth-order valence-corrected chi connectivity index (χ4v) is 2.45. The van der Waals surface area contributed by atoms with Crippen LogP contribution < -0.4 is 4.72 Å². The molecule has 0 spiro atoms. The molecule has 8 heteroatoms. The van der Waals surface area contributed by atoms with E-state index in [2.05, 4.69) is 30.6 Å². The highest BCUT2D eigenvalue weighted by atomic mass is 79.9. The van der Waals surface area contributed by atoms with Crippen LogP contribution in [0.1, 0.15) is 0 Å². The van der Waals surface area contributed by atoms with Crippen LogP contribution in [0.15, 0.2) is 46.0 Å². The summed E-state index contributed by atoms with van der Waals surface area (Å²) in [5.41, 5.74) is 0. The maximum atomic E-state index is 12.0. The van der Waals surface area contributed by atoms with Crippen molar-refractivity contribution < 1.29 is 8.42 Å². The van der Waals surface area contributed by atoms with E-state index in [9.17, 15) is 8.42 Å². The molecule has 0 fully saturated rings. The molecule has 0 aliphatic rings. The van der Waals surface area contributed by atoms with Crippen molar-refractivity contribution >= 4 is 43.5 Å². The Hall–Kier alpha value is -1.18. The number of aromatic nitrogens is 2. The molecule has 5 nitrogen and oxygen atoms in total. The summed E-state index contributed by atoms with van der Waals surface area (Å²) in [7, 11) is -3.69. The zero-order chi connectivity index (χ0) is 13.2. The molecule has 0 aliphatic carbocycles. The summed E-state index contributed by atoms with van der Waals surface area (Å²) in [6, 6.07) is 5.81. The Morgan fingerprint density at radius 3 is 2.22 bits per heavy atom. The molecule has 1 N–H and O–H groups in total. The molecule has 0 saturated heterocycles. The molecule has 1 aromatic heterocycles. The molecule has 1 aromatic carbocycles. The molecule has 0 aliphatic heterocycles. The molecule has 94 valence electrons. The molecule has 2 rings (SSSR count). The Kier molecular flexibility index (Phi) is 3.84. The van der Waals surface area contributed by atoms with Crippen LogP contribution in [-0.4, -0.2) is 18.4 Å². The molecule has 0 saturated carbocycles. The normalized spacial score (nSPS) is 11.2. The van der Waals surface area contributed by atoms with Crippen LogP contribution >= 0.6 is 27.5 Å². The number of anilines is 1. The van der Waals surface area contributed by atoms with Crippen LogP contribution in [0.25, 0.3) is 0 Å². The van der Waals surface area contributed by atoms with Gasteiger partial charge in [-0.1, -0.05) is 11.6 Å². The first-order chi connectivity index (χ1) is 8.47. The zero-order valence-corrected chi connectivity index (χ0v) is 12.0. The summed E-state index contributed by atoms with van der Waals surface area (Å²) in [5.74, 6) is 0.00755. The number of nitrogens with one attached hydrogen (secondary N) is 1. The van der Waals surface area contributed by atoms with E-state index in [4.69, 9.17) is 11.6 Å². The number of nitrogens with zero attached hydrogens (tertiary/aromatic N) is 2. The van der Waals surface area contributed by atoms with E-state index in [-0.39, 0.29) is 10.8 Å². The maximum absolute atomic E-state index is 12.0. The molecule has 18 heavy (non-hydrogen) atoms. The first kappa shape index (κ1) is 13.3. The first-order valence-corrected chi connectivity index (χ1v) is 7.39. The van der Waals surface area contributed by atoms with Gasteiger partial charge < -0.3 is 0 Å². The van der Waals surface area contributed by atoms with Crippen molar-refractivity contribution in [1.29, 1.82) is 0 Å². The monoisotopic (exact) mass is 347 g/mol. The second kappa shape index (κ2) is 5.21. The number of benzene rings is 1. The fourth-order valence-electron chi connectivity index (χ4n) is 1.16. The number of rotatable bonds is 3. The van der Waals surface area contributed by atoms with Gasteiger partial charge >= 0.3 is 0 Å². The quantitative estimate of drug-likeness (QED) is 0.925. The average Bonchev–Trinajstić information content (AvgIpc) is 2.32. The number of hydrogen-bond donors (Lipinski definition) is 1. The fraction of sp³-hybridized carbons (Fsp3) is 0. The highest BCUT2D eigenvalue weighted by Crippen LogP contribution is 2.16. The summed E-state index contributed by atoms with van der Waals surface area (Å²) in [6.45, 7) is 0. The Balaban J connectivity index is 2.27. The van der Waals surface area contributed by atoms with E-state index in [1.165, 1.54) is 36.7 Å². The van der Waals surface area contributed by atoms with Gasteiger partial charge in [-0.2, -0.15) is 0 Å². The highest BCUT2D eigenvalue weighted by molar-refractivity contribution is 9.10. The lowest BCUT2D eigenvalue weighted by atomic mass is 10.4. The van der Waals surface area contributed by atoms with Crippen molar-refractivity contribution in [2.45, 2.75) is 4.90 Å². The van der Waals surface area contributed by atoms with Crippen molar-refractivity contribution in [2.75, 3.05) is 4.72 Å². The van der Waals surface area contributed by atoms with E-state index in [0.717, 1.165) is 0 Å². The molecular weight excluding hydrogens is 342 g/mol. The molecule has 0 radical (unpaired) electrons. The van der Waals surface area contributed by atoms with Crippen molar-refractivity contribution in [3.8, 4) is 0 Å². The third-order valence-electron chi connectivity index (χ3n) is 1.97. The summed E-state index contributed by atoms with van der Waals surface area (Å²) >= 11 is 8.86. The van der Waals surface area contributed by atoms with Gasteiger partial charge in [0.2, 0.25) is 5.95 Å². The van der Waals surface area contributed by atoms with E-state index < -0.39 is 10.0 Å². The topological polar surface area (TPSA) is 72.0 Å². The van der Waals surface area contributed by atoms with Gasteiger partial charge in [-0.3, -0.25) is 0 Å². The number of sulfonamides is 1. The maximum Gasteiger partial charge on any atom is 0.264 e. The molecule has 1 heterocycles. The largest absolute Gasteiger partial charge is 0.264 e. The van der Waals surface area contributed by atoms with Gasteiger partial charge in [0, 0.05) is 17.4 Å². The number of hydrogen-bond acceptors (Lipinski definition) is 4. The predicted octanol–water partition coefficient (Wildman–Crippen LogP) is 2.69. The third-order valence-corrected chi connectivity index (χ3v) is 3.98. The van der Waals surface area contributed by atoms with Crippen molar-refractivity contribution in [3.63, 3.8) is 0 Å². The second-order valence-corrected chi connectivity index (χ2v) is 6.32. The first-order valence-electron chi connectivity index (χ1n) is 4.73. The van der Waals surface area contributed by atoms with Gasteiger partial charge in [0.1, 0.15) is 0 Å². The van der Waals surface area contributed by atoms with Gasteiger partial charge in [-0.25, -0.2) is 23.1 Å². The predicted molar refractivity (Wildman–Crippen MR) is 72.0 cm³/mol. The average molecular weight is 349 g/mol. The summed E-state index contributed by atoms with van der Waals surface area (Å²) in [5, 5.41) is 0.467. The van der Waals surface area contributed by atoms with Crippen LogP contribution in [0.3, 0.4) is 0 Å². The van der Waals surface area contributed by atoms with E-state index in [1.54, 1.807) is 0 Å². The number of halogens is 2. The van der Waals surface area contributed by atoms with E-state index in [1.807, 2.05) is 0 Å². The second-order valence-electron chi connectivity index (χ2n) is 3.28. The lowest BCUT2D eigenvalue weighted by Gasteiger charge is -2.06. The van der Waals surface area contributed by atoms with Gasteiger partial charge in [-0.15, -0.1) is 0 Å². The van der Waals surface area contributed by atoms with Crippen LogP contribution in [0, 0.1) is 0 Å². The molecule has 2 aromatic rings. The molecule has 0 amide bonds. The molecular formula is C10H7BrClN3O2S. The van der Waals surface area contributed by atoms with Crippen LogP contribution in [0.2, 0.25) is 5.02 Å². The zero-order valence-electron chi connectivity index (χ0n) is 8.84. The van der Waals surface area contributed by atoms with Crippen LogP contribution in [0.4, 0.5) is 5.95 Å². The summed E-state index contributed by atoms with van der Waals surface area (Å²) in [6.07, 6.45) is 2.90. The molecule has 0 bridgehead atoms. The lowest BCUT2D eigenvalue weighted by molar-refractivity contribution is 0.601. The summed E-state index contributed by atoms with van der Waals surface area (Å²) < 4.78 is 26.8. The standard InChI is InChI=1S/C10H7BrClN3O2S/c11-7-5-13-10(14-6-7)15-18(16,17)9-3-1-8(12)2-4-9/h1-6H,(H,13,14,15). The smallest absolute Gasteiger partial charge is 0.247 e. The Morgan fingerprint density at radius 2 is 1.67 bits per heavy atom. The van der Waals surface area contributed by atoms with Crippen LogP contribution in [0.5, 0.6) is 0 Å². The van der Waals surface area contributed by atoms with Crippen molar-refractivity contribution in [1.82, 2.24) is 9.97 Å². The minimum Gasteiger partial charge on any atom is -0.247 e. The Labute approximate surface area is 117 Å². The van der Waals surface area contributed by atoms with Gasteiger partial charge in [0.05, 0.1) is 9.37 Å². The third kappa shape index (κ3) is 3.18. The van der Waals surface area contributed by atoms with E-state index >= 15 is 0 Å². The lowest BCUT2D eigenvalue weighted by Crippen LogP contribution is -2.14. The van der Waals surface area contributed by atoms with Crippen molar-refractivity contribution in [2.24, 2.45) is 0 Å². The van der Waals surface area contributed by atoms with Gasteiger partial charge in [0.15, 0.2) is 0 Å². The molecule has 0 unspecified atom stereocenters. The minimum atomic E-state index is -3.69. The minimum absolute atomic E-state index is 0.00755. The SMILES string of the molecule is O=S(=O)(Nc1ncc(Br)cn1)c1ccc(Cl)cc1.